The minimum absolute atomic E-state index is 0.0625. The Morgan fingerprint density at radius 2 is 0.583 bits per heavy atom. The van der Waals surface area contributed by atoms with Crippen molar-refractivity contribution in [3.63, 3.8) is 0 Å². The van der Waals surface area contributed by atoms with E-state index in [9.17, 15) is 9.59 Å². The molecule has 0 unspecified atom stereocenters. The predicted molar refractivity (Wildman–Crippen MR) is 147 cm³/mol. The highest BCUT2D eigenvalue weighted by Crippen LogP contribution is 2.29. The van der Waals surface area contributed by atoms with E-state index in [0.717, 1.165) is 19.6 Å². The quantitative estimate of drug-likeness (QED) is 0.199. The van der Waals surface area contributed by atoms with Crippen LogP contribution in [-0.2, 0) is 0 Å². The first kappa shape index (κ1) is 23.9. The Balaban J connectivity index is 1.23. The smallest absolute Gasteiger partial charge is 0.193 e. The van der Waals surface area contributed by atoms with Gasteiger partial charge in [-0.25, -0.2) is 0 Å². The minimum atomic E-state index is -0.0625. The van der Waals surface area contributed by atoms with Gasteiger partial charge < -0.3 is 0 Å². The van der Waals surface area contributed by atoms with Crippen molar-refractivity contribution in [1.82, 2.24) is 0 Å². The zero-order valence-electron chi connectivity index (χ0n) is 19.3. The van der Waals surface area contributed by atoms with Crippen molar-refractivity contribution in [2.45, 2.75) is 19.6 Å². The van der Waals surface area contributed by atoms with E-state index >= 15 is 0 Å². The van der Waals surface area contributed by atoms with Crippen molar-refractivity contribution in [3.05, 3.63) is 156 Å². The highest BCUT2D eigenvalue weighted by molar-refractivity contribution is 7.99. The first-order valence-corrected chi connectivity index (χ1v) is 13.1. The van der Waals surface area contributed by atoms with Crippen molar-refractivity contribution in [1.29, 1.82) is 0 Å². The normalized spacial score (nSPS) is 10.7. The summed E-state index contributed by atoms with van der Waals surface area (Å²) < 4.78 is 0. The van der Waals surface area contributed by atoms with Crippen LogP contribution in [0, 0.1) is 0 Å². The molecular formula is C32H22O2S2. The van der Waals surface area contributed by atoms with Gasteiger partial charge in [0.25, 0.3) is 0 Å². The second kappa shape index (κ2) is 11.3. The average Bonchev–Trinajstić information content (AvgIpc) is 2.94. The Labute approximate surface area is 219 Å². The molecular weight excluding hydrogens is 480 g/mol. The lowest BCUT2D eigenvalue weighted by molar-refractivity contribution is 0.102. The third kappa shape index (κ3) is 5.85. The van der Waals surface area contributed by atoms with Crippen LogP contribution >= 0.6 is 23.5 Å². The Hall–Kier alpha value is -3.86. The molecule has 0 radical (unpaired) electrons. The summed E-state index contributed by atoms with van der Waals surface area (Å²) in [4.78, 5) is 30.4. The Bertz CT molecular complexity index is 1340. The van der Waals surface area contributed by atoms with Gasteiger partial charge >= 0.3 is 0 Å². The molecule has 174 valence electrons. The van der Waals surface area contributed by atoms with Gasteiger partial charge in [-0.15, -0.1) is 0 Å². The molecule has 0 aliphatic heterocycles. The summed E-state index contributed by atoms with van der Waals surface area (Å²) in [6.07, 6.45) is 0. The molecule has 0 aliphatic rings. The van der Waals surface area contributed by atoms with E-state index in [1.54, 1.807) is 47.8 Å². The Kier molecular flexibility index (Phi) is 7.46. The molecule has 2 nitrogen and oxygen atoms in total. The van der Waals surface area contributed by atoms with Crippen LogP contribution in [0.15, 0.2) is 153 Å². The molecule has 5 aromatic carbocycles. The van der Waals surface area contributed by atoms with E-state index in [4.69, 9.17) is 0 Å². The van der Waals surface area contributed by atoms with Crippen molar-refractivity contribution in [2.75, 3.05) is 0 Å². The fourth-order valence-electron chi connectivity index (χ4n) is 3.70. The van der Waals surface area contributed by atoms with Crippen LogP contribution in [0.2, 0.25) is 0 Å². The number of ketones is 2. The van der Waals surface area contributed by atoms with Gasteiger partial charge in [-0.2, -0.15) is 0 Å². The fraction of sp³-hybridized carbons (Fsp3) is 0. The summed E-state index contributed by atoms with van der Waals surface area (Å²) >= 11 is 3.32. The van der Waals surface area contributed by atoms with Gasteiger partial charge in [0.1, 0.15) is 0 Å². The lowest BCUT2D eigenvalue weighted by Crippen LogP contribution is -2.04. The first-order chi connectivity index (χ1) is 17.7. The van der Waals surface area contributed by atoms with E-state index in [0.29, 0.717) is 22.3 Å². The van der Waals surface area contributed by atoms with E-state index in [1.165, 1.54) is 0 Å². The Morgan fingerprint density at radius 3 is 0.889 bits per heavy atom. The summed E-state index contributed by atoms with van der Waals surface area (Å²) in [6.45, 7) is 0. The molecule has 0 saturated heterocycles. The molecule has 4 heteroatoms. The van der Waals surface area contributed by atoms with Gasteiger partial charge in [-0.1, -0.05) is 84.2 Å². The second-order valence-electron chi connectivity index (χ2n) is 8.11. The molecule has 0 spiro atoms. The van der Waals surface area contributed by atoms with Gasteiger partial charge in [0, 0.05) is 41.8 Å². The first-order valence-electron chi connectivity index (χ1n) is 11.5. The molecule has 36 heavy (non-hydrogen) atoms. The molecule has 0 atom stereocenters. The number of hydrogen-bond acceptors (Lipinski definition) is 4. The predicted octanol–water partition coefficient (Wildman–Crippen LogP) is 8.45. The third-order valence-electron chi connectivity index (χ3n) is 5.60. The molecule has 0 fully saturated rings. The molecule has 0 saturated carbocycles. The van der Waals surface area contributed by atoms with Gasteiger partial charge in [0.15, 0.2) is 11.6 Å². The molecule has 0 amide bonds. The van der Waals surface area contributed by atoms with E-state index in [-0.39, 0.29) is 11.6 Å². The molecule has 0 aliphatic carbocycles. The van der Waals surface area contributed by atoms with Crippen molar-refractivity contribution in [2.24, 2.45) is 0 Å². The topological polar surface area (TPSA) is 34.1 Å². The third-order valence-corrected chi connectivity index (χ3v) is 7.63. The van der Waals surface area contributed by atoms with Crippen LogP contribution in [0.25, 0.3) is 0 Å². The lowest BCUT2D eigenvalue weighted by Gasteiger charge is -2.06. The number of hydrogen-bond donors (Lipinski definition) is 0. The van der Waals surface area contributed by atoms with Crippen LogP contribution in [0.3, 0.4) is 0 Å². The van der Waals surface area contributed by atoms with E-state index in [1.807, 2.05) is 84.9 Å². The molecule has 0 aromatic heterocycles. The summed E-state index contributed by atoms with van der Waals surface area (Å²) in [5.74, 6) is -0.125. The zero-order valence-corrected chi connectivity index (χ0v) is 21.0. The highest BCUT2D eigenvalue weighted by atomic mass is 32.2. The molecule has 0 bridgehead atoms. The molecule has 5 aromatic rings. The molecule has 0 N–H and O–H groups in total. The standard InChI is InChI=1S/C32H22O2S2/c33-31(25-15-19-29(20-16-25)35-27-7-3-1-4-8-27)23-11-13-24(14-12-23)32(34)26-17-21-30(22-18-26)36-28-9-5-2-6-10-28/h1-22H. The summed E-state index contributed by atoms with van der Waals surface area (Å²) in [6, 6.07) is 42.4. The van der Waals surface area contributed by atoms with Crippen LogP contribution < -0.4 is 0 Å². The van der Waals surface area contributed by atoms with Crippen molar-refractivity contribution >= 4 is 35.1 Å². The largest absolute Gasteiger partial charge is 0.289 e. The number of carbonyl (C=O) groups is 2. The minimum Gasteiger partial charge on any atom is -0.289 e. The lowest BCUT2D eigenvalue weighted by atomic mass is 9.99. The van der Waals surface area contributed by atoms with Gasteiger partial charge in [-0.05, 0) is 72.8 Å². The van der Waals surface area contributed by atoms with E-state index < -0.39 is 0 Å². The number of benzene rings is 5. The van der Waals surface area contributed by atoms with Crippen LogP contribution in [0.1, 0.15) is 31.8 Å². The maximum Gasteiger partial charge on any atom is 0.193 e. The van der Waals surface area contributed by atoms with Crippen molar-refractivity contribution < 1.29 is 9.59 Å². The van der Waals surface area contributed by atoms with E-state index in [2.05, 4.69) is 24.3 Å². The zero-order chi connectivity index (χ0) is 24.7. The highest BCUT2D eigenvalue weighted by Gasteiger charge is 2.13. The maximum atomic E-state index is 13.0. The van der Waals surface area contributed by atoms with Crippen LogP contribution in [0.5, 0.6) is 0 Å². The maximum absolute atomic E-state index is 13.0. The summed E-state index contributed by atoms with van der Waals surface area (Å²) in [5.41, 5.74) is 2.37. The number of rotatable bonds is 8. The Morgan fingerprint density at radius 1 is 0.333 bits per heavy atom. The molecule has 0 heterocycles. The van der Waals surface area contributed by atoms with Gasteiger partial charge in [-0.3, -0.25) is 9.59 Å². The summed E-state index contributed by atoms with van der Waals surface area (Å²) in [5, 5.41) is 0. The van der Waals surface area contributed by atoms with Crippen LogP contribution in [-0.4, -0.2) is 11.6 Å². The van der Waals surface area contributed by atoms with Gasteiger partial charge in [0.05, 0.1) is 0 Å². The van der Waals surface area contributed by atoms with Gasteiger partial charge in [0.2, 0.25) is 0 Å². The average molecular weight is 503 g/mol. The SMILES string of the molecule is O=C(c1ccc(Sc2ccccc2)cc1)c1ccc(C(=O)c2ccc(Sc3ccccc3)cc2)cc1. The molecule has 5 rings (SSSR count). The summed E-state index contributed by atoms with van der Waals surface area (Å²) in [7, 11) is 0. The van der Waals surface area contributed by atoms with Crippen molar-refractivity contribution in [3.8, 4) is 0 Å². The fourth-order valence-corrected chi connectivity index (χ4v) is 5.38. The second-order valence-corrected chi connectivity index (χ2v) is 10.4. The monoisotopic (exact) mass is 502 g/mol. The number of carbonyl (C=O) groups excluding carboxylic acids is 2. The van der Waals surface area contributed by atoms with Crippen LogP contribution in [0.4, 0.5) is 0 Å².